The molecule has 0 bridgehead atoms. The van der Waals surface area contributed by atoms with Gasteiger partial charge in [-0.1, -0.05) is 0 Å². The average Bonchev–Trinajstić information content (AvgIpc) is 2.80. The Balaban J connectivity index is 2.52. The molecule has 0 fully saturated rings. The zero-order valence-electron chi connectivity index (χ0n) is 9.77. The van der Waals surface area contributed by atoms with E-state index in [0.29, 0.717) is 5.69 Å². The lowest BCUT2D eigenvalue weighted by molar-refractivity contribution is -0.137. The van der Waals surface area contributed by atoms with Crippen LogP contribution in [0.2, 0.25) is 0 Å². The van der Waals surface area contributed by atoms with Crippen molar-refractivity contribution in [3.8, 4) is 5.69 Å². The lowest BCUT2D eigenvalue weighted by Gasteiger charge is -2.13. The first-order valence-electron chi connectivity index (χ1n) is 5.22. The Labute approximate surface area is 106 Å². The Kier molecular flexibility index (Phi) is 3.24. The number of anilines is 1. The molecule has 0 spiro atoms. The molecule has 1 aromatic heterocycles. The molecule has 8 heteroatoms. The number of nitrogens with one attached hydrogen (secondary N) is 1. The first kappa shape index (κ1) is 13.1. The molecular weight excluding hydrogens is 261 g/mol. The van der Waals surface area contributed by atoms with Gasteiger partial charge in [0.2, 0.25) is 5.91 Å². The Morgan fingerprint density at radius 3 is 2.63 bits per heavy atom. The summed E-state index contributed by atoms with van der Waals surface area (Å²) in [7, 11) is 0. The second kappa shape index (κ2) is 4.71. The fourth-order valence-corrected chi connectivity index (χ4v) is 1.53. The number of aromatic nitrogens is 3. The van der Waals surface area contributed by atoms with Crippen molar-refractivity contribution in [1.82, 2.24) is 14.8 Å². The molecule has 0 saturated heterocycles. The van der Waals surface area contributed by atoms with E-state index in [4.69, 9.17) is 0 Å². The molecule has 0 saturated carbocycles. The summed E-state index contributed by atoms with van der Waals surface area (Å²) in [5, 5.41) is 6.17. The van der Waals surface area contributed by atoms with Crippen molar-refractivity contribution >= 4 is 11.6 Å². The molecule has 0 aliphatic heterocycles. The predicted molar refractivity (Wildman–Crippen MR) is 60.7 cm³/mol. The standard InChI is InChI=1S/C11H9F3N4O/c1-7(19)17-9-4-8(11(12,13)14)2-3-10(9)18-6-15-5-16-18/h2-6H,1H3,(H,17,19). The molecule has 0 radical (unpaired) electrons. The Bertz CT molecular complexity index is 592. The van der Waals surface area contributed by atoms with Gasteiger partial charge in [-0.15, -0.1) is 0 Å². The van der Waals surface area contributed by atoms with Crippen LogP contribution >= 0.6 is 0 Å². The molecule has 2 rings (SSSR count). The number of hydrogen-bond donors (Lipinski definition) is 1. The summed E-state index contributed by atoms with van der Waals surface area (Å²) in [6.07, 6.45) is -1.91. The van der Waals surface area contributed by atoms with Crippen molar-refractivity contribution in [2.75, 3.05) is 5.32 Å². The van der Waals surface area contributed by atoms with Gasteiger partial charge in [0.25, 0.3) is 0 Å². The van der Waals surface area contributed by atoms with Gasteiger partial charge in [0, 0.05) is 6.92 Å². The first-order chi connectivity index (χ1) is 8.88. The minimum Gasteiger partial charge on any atom is -0.324 e. The van der Waals surface area contributed by atoms with E-state index in [0.717, 1.165) is 12.1 Å². The Morgan fingerprint density at radius 1 is 1.37 bits per heavy atom. The van der Waals surface area contributed by atoms with Gasteiger partial charge in [0.1, 0.15) is 12.7 Å². The number of amides is 1. The number of benzene rings is 1. The van der Waals surface area contributed by atoms with Crippen LogP contribution in [-0.2, 0) is 11.0 Å². The second-order valence-corrected chi connectivity index (χ2v) is 3.75. The molecule has 0 unspecified atom stereocenters. The molecule has 1 heterocycles. The zero-order chi connectivity index (χ0) is 14.0. The largest absolute Gasteiger partial charge is 0.416 e. The summed E-state index contributed by atoms with van der Waals surface area (Å²) in [4.78, 5) is 14.8. The highest BCUT2D eigenvalue weighted by atomic mass is 19.4. The van der Waals surface area contributed by atoms with Crippen molar-refractivity contribution in [3.63, 3.8) is 0 Å². The van der Waals surface area contributed by atoms with Crippen molar-refractivity contribution < 1.29 is 18.0 Å². The number of rotatable bonds is 2. The lowest BCUT2D eigenvalue weighted by atomic mass is 10.1. The SMILES string of the molecule is CC(=O)Nc1cc(C(F)(F)F)ccc1-n1cncn1. The van der Waals surface area contributed by atoms with Gasteiger partial charge in [0.05, 0.1) is 16.9 Å². The van der Waals surface area contributed by atoms with Gasteiger partial charge in [-0.2, -0.15) is 18.3 Å². The fraction of sp³-hybridized carbons (Fsp3) is 0.182. The number of nitrogens with zero attached hydrogens (tertiary/aromatic N) is 3. The molecule has 0 aliphatic carbocycles. The maximum absolute atomic E-state index is 12.6. The zero-order valence-corrected chi connectivity index (χ0v) is 9.77. The van der Waals surface area contributed by atoms with E-state index in [-0.39, 0.29) is 5.69 Å². The van der Waals surface area contributed by atoms with E-state index in [1.54, 1.807) is 0 Å². The normalized spacial score (nSPS) is 11.4. The third kappa shape index (κ3) is 2.90. The van der Waals surface area contributed by atoms with E-state index < -0.39 is 17.6 Å². The lowest BCUT2D eigenvalue weighted by Crippen LogP contribution is -2.12. The highest BCUT2D eigenvalue weighted by Gasteiger charge is 2.31. The number of carbonyl (C=O) groups is 1. The van der Waals surface area contributed by atoms with E-state index in [1.807, 2.05) is 0 Å². The van der Waals surface area contributed by atoms with Gasteiger partial charge in [-0.25, -0.2) is 9.67 Å². The van der Waals surface area contributed by atoms with Crippen LogP contribution in [0, 0.1) is 0 Å². The molecule has 0 aliphatic rings. The number of alkyl halides is 3. The van der Waals surface area contributed by atoms with Gasteiger partial charge in [0.15, 0.2) is 0 Å². The quantitative estimate of drug-likeness (QED) is 0.910. The summed E-state index contributed by atoms with van der Waals surface area (Å²) < 4.78 is 39.2. The van der Waals surface area contributed by atoms with Crippen LogP contribution in [0.3, 0.4) is 0 Å². The van der Waals surface area contributed by atoms with E-state index in [9.17, 15) is 18.0 Å². The molecule has 19 heavy (non-hydrogen) atoms. The average molecular weight is 270 g/mol. The second-order valence-electron chi connectivity index (χ2n) is 3.75. The van der Waals surface area contributed by atoms with Gasteiger partial charge >= 0.3 is 6.18 Å². The molecule has 1 aromatic carbocycles. The third-order valence-corrected chi connectivity index (χ3v) is 2.30. The molecule has 2 aromatic rings. The van der Waals surface area contributed by atoms with E-state index >= 15 is 0 Å². The van der Waals surface area contributed by atoms with Crippen LogP contribution in [0.25, 0.3) is 5.69 Å². The molecule has 0 atom stereocenters. The summed E-state index contributed by atoms with van der Waals surface area (Å²) >= 11 is 0. The van der Waals surface area contributed by atoms with Crippen LogP contribution < -0.4 is 5.32 Å². The minimum absolute atomic E-state index is 0.0211. The third-order valence-electron chi connectivity index (χ3n) is 2.30. The summed E-state index contributed by atoms with van der Waals surface area (Å²) in [6, 6.07) is 3.00. The maximum Gasteiger partial charge on any atom is 0.416 e. The number of hydrogen-bond acceptors (Lipinski definition) is 3. The van der Waals surface area contributed by atoms with Crippen LogP contribution in [0.5, 0.6) is 0 Å². The number of halogens is 3. The monoisotopic (exact) mass is 270 g/mol. The van der Waals surface area contributed by atoms with Gasteiger partial charge < -0.3 is 5.32 Å². The topological polar surface area (TPSA) is 59.8 Å². The Morgan fingerprint density at radius 2 is 2.11 bits per heavy atom. The maximum atomic E-state index is 12.6. The van der Waals surface area contributed by atoms with Crippen LogP contribution in [0.15, 0.2) is 30.9 Å². The summed E-state index contributed by atoms with van der Waals surface area (Å²) in [5.74, 6) is -0.472. The molecule has 5 nitrogen and oxygen atoms in total. The fourth-order valence-electron chi connectivity index (χ4n) is 1.53. The van der Waals surface area contributed by atoms with Crippen LogP contribution in [0.1, 0.15) is 12.5 Å². The molecule has 1 N–H and O–H groups in total. The van der Waals surface area contributed by atoms with E-state index in [1.165, 1.54) is 30.3 Å². The van der Waals surface area contributed by atoms with Crippen LogP contribution in [-0.4, -0.2) is 20.7 Å². The summed E-state index contributed by atoms with van der Waals surface area (Å²) in [5.41, 5.74) is -0.520. The molecule has 1 amide bonds. The predicted octanol–water partition coefficient (Wildman–Crippen LogP) is 2.24. The van der Waals surface area contributed by atoms with Crippen molar-refractivity contribution in [2.24, 2.45) is 0 Å². The smallest absolute Gasteiger partial charge is 0.324 e. The van der Waals surface area contributed by atoms with Gasteiger partial charge in [-0.05, 0) is 18.2 Å². The van der Waals surface area contributed by atoms with Crippen molar-refractivity contribution in [3.05, 3.63) is 36.4 Å². The molecular formula is C11H9F3N4O. The van der Waals surface area contributed by atoms with Crippen molar-refractivity contribution in [1.29, 1.82) is 0 Å². The van der Waals surface area contributed by atoms with E-state index in [2.05, 4.69) is 15.4 Å². The number of carbonyl (C=O) groups excluding carboxylic acids is 1. The molecule has 100 valence electrons. The van der Waals surface area contributed by atoms with Gasteiger partial charge in [-0.3, -0.25) is 4.79 Å². The van der Waals surface area contributed by atoms with Crippen molar-refractivity contribution in [2.45, 2.75) is 13.1 Å². The minimum atomic E-state index is -4.48. The Hall–Kier alpha value is -2.38. The highest BCUT2D eigenvalue weighted by molar-refractivity contribution is 5.91. The first-order valence-corrected chi connectivity index (χ1v) is 5.22. The van der Waals surface area contributed by atoms with Crippen LogP contribution in [0.4, 0.5) is 18.9 Å². The highest BCUT2D eigenvalue weighted by Crippen LogP contribution is 2.33. The summed E-state index contributed by atoms with van der Waals surface area (Å²) in [6.45, 7) is 1.21.